The largest absolute Gasteiger partial charge is 0.360 e. The summed E-state index contributed by atoms with van der Waals surface area (Å²) in [5.74, 6) is 2.95. The van der Waals surface area contributed by atoms with Gasteiger partial charge in [0.15, 0.2) is 0 Å². The fourth-order valence-corrected chi connectivity index (χ4v) is 6.60. The van der Waals surface area contributed by atoms with Gasteiger partial charge in [-0.25, -0.2) is 0 Å². The number of halogens is 1. The fraction of sp³-hybridized carbons (Fsp3) is 0.931. The van der Waals surface area contributed by atoms with Gasteiger partial charge in [-0.05, 0) is 95.1 Å². The molecule has 0 spiro atoms. The summed E-state index contributed by atoms with van der Waals surface area (Å²) in [4.78, 5) is 5.23. The third kappa shape index (κ3) is 8.76. The third-order valence-corrected chi connectivity index (χ3v) is 8.88. The van der Waals surface area contributed by atoms with Crippen molar-refractivity contribution in [2.75, 3.05) is 46.0 Å². The first-order chi connectivity index (χ1) is 15.9. The van der Waals surface area contributed by atoms with E-state index in [4.69, 9.17) is 16.3 Å². The molecule has 0 aromatic heterocycles. The maximum atomic E-state index is 6.31. The predicted octanol–water partition coefficient (Wildman–Crippen LogP) is 6.01. The van der Waals surface area contributed by atoms with Gasteiger partial charge in [-0.3, -0.25) is 4.90 Å². The van der Waals surface area contributed by atoms with Crippen LogP contribution >= 0.6 is 11.6 Å². The van der Waals surface area contributed by atoms with Gasteiger partial charge in [-0.1, -0.05) is 39.8 Å². The summed E-state index contributed by atoms with van der Waals surface area (Å²) < 4.78 is 5.98. The minimum atomic E-state index is -0.0481. The van der Waals surface area contributed by atoms with Crippen LogP contribution in [0, 0.1) is 29.1 Å². The molecule has 4 nitrogen and oxygen atoms in total. The van der Waals surface area contributed by atoms with Crippen molar-refractivity contribution in [2.45, 2.75) is 97.6 Å². The summed E-state index contributed by atoms with van der Waals surface area (Å²) in [5.41, 5.74) is 0.309. The smallest absolute Gasteiger partial charge is 0.0997 e. The van der Waals surface area contributed by atoms with Crippen molar-refractivity contribution in [3.8, 4) is 0 Å². The summed E-state index contributed by atoms with van der Waals surface area (Å²) in [7, 11) is 0. The fourth-order valence-electron chi connectivity index (χ4n) is 6.39. The molecule has 0 radical (unpaired) electrons. The quantitative estimate of drug-likeness (QED) is 0.297. The van der Waals surface area contributed by atoms with Crippen LogP contribution in [0.25, 0.3) is 0 Å². The Labute approximate surface area is 216 Å². The molecule has 2 fully saturated rings. The average Bonchev–Trinajstić information content (AvgIpc) is 3.19. The van der Waals surface area contributed by atoms with E-state index in [0.717, 1.165) is 31.5 Å². The van der Waals surface area contributed by atoms with Crippen molar-refractivity contribution in [3.63, 3.8) is 0 Å². The van der Waals surface area contributed by atoms with E-state index in [1.54, 1.807) is 0 Å². The van der Waals surface area contributed by atoms with Crippen LogP contribution < -0.4 is 5.32 Å². The molecule has 0 aromatic rings. The first-order valence-corrected chi connectivity index (χ1v) is 14.5. The molecule has 0 aromatic carbocycles. The number of alkyl halides is 1. The predicted molar refractivity (Wildman–Crippen MR) is 146 cm³/mol. The lowest BCUT2D eigenvalue weighted by atomic mass is 9.65. The SMILES string of the molecule is CC(C)[C@H](CN1CCC(C2C=CC(Cl)CC2)C(C)(C)C1)NCC[C@@H]1CCN(COC(C)(C)C)C1. The number of hydrogen-bond acceptors (Lipinski definition) is 4. The Balaban J connectivity index is 1.41. The van der Waals surface area contributed by atoms with Gasteiger partial charge in [-0.15, -0.1) is 11.6 Å². The second-order valence-electron chi connectivity index (χ2n) is 13.5. The number of ether oxygens (including phenoxy) is 1. The third-order valence-electron chi connectivity index (χ3n) is 8.52. The zero-order valence-electron chi connectivity index (χ0n) is 23.3. The van der Waals surface area contributed by atoms with E-state index in [1.807, 2.05) is 0 Å². The van der Waals surface area contributed by atoms with E-state index in [1.165, 1.54) is 58.4 Å². The van der Waals surface area contributed by atoms with Crippen LogP contribution in [0.3, 0.4) is 0 Å². The zero-order chi connectivity index (χ0) is 24.9. The number of allylic oxidation sites excluding steroid dienone is 2. The van der Waals surface area contributed by atoms with Gasteiger partial charge in [0.2, 0.25) is 0 Å². The average molecular weight is 496 g/mol. The molecule has 0 amide bonds. The highest BCUT2D eigenvalue weighted by Crippen LogP contribution is 2.43. The van der Waals surface area contributed by atoms with Gasteiger partial charge in [-0.2, -0.15) is 0 Å². The number of nitrogens with zero attached hydrogens (tertiary/aromatic N) is 2. The van der Waals surface area contributed by atoms with E-state index in [-0.39, 0.29) is 11.0 Å². The molecule has 3 aliphatic rings. The molecule has 3 rings (SSSR count). The van der Waals surface area contributed by atoms with E-state index >= 15 is 0 Å². The molecular formula is C29H54ClN3O. The van der Waals surface area contributed by atoms with Gasteiger partial charge in [0.05, 0.1) is 17.7 Å². The molecule has 34 heavy (non-hydrogen) atoms. The topological polar surface area (TPSA) is 27.7 Å². The van der Waals surface area contributed by atoms with Crippen molar-refractivity contribution in [3.05, 3.63) is 12.2 Å². The van der Waals surface area contributed by atoms with Crippen LogP contribution in [0.15, 0.2) is 12.2 Å². The van der Waals surface area contributed by atoms with Crippen molar-refractivity contribution in [2.24, 2.45) is 29.1 Å². The van der Waals surface area contributed by atoms with Crippen LogP contribution in [0.4, 0.5) is 0 Å². The molecule has 5 heteroatoms. The van der Waals surface area contributed by atoms with E-state index in [0.29, 0.717) is 23.3 Å². The molecular weight excluding hydrogens is 442 g/mol. The van der Waals surface area contributed by atoms with Crippen molar-refractivity contribution in [1.82, 2.24) is 15.1 Å². The Hall–Kier alpha value is -0.130. The van der Waals surface area contributed by atoms with Gasteiger partial charge >= 0.3 is 0 Å². The van der Waals surface area contributed by atoms with Gasteiger partial charge in [0, 0.05) is 32.2 Å². The summed E-state index contributed by atoms with van der Waals surface area (Å²) in [5, 5.41) is 4.21. The Kier molecular flexibility index (Phi) is 10.4. The zero-order valence-corrected chi connectivity index (χ0v) is 24.0. The summed E-state index contributed by atoms with van der Waals surface area (Å²) in [6.07, 6.45) is 11.0. The Morgan fingerprint density at radius 2 is 1.79 bits per heavy atom. The lowest BCUT2D eigenvalue weighted by molar-refractivity contribution is -0.0576. The van der Waals surface area contributed by atoms with E-state index in [2.05, 4.69) is 75.7 Å². The van der Waals surface area contributed by atoms with Gasteiger partial charge < -0.3 is 15.0 Å². The molecule has 1 N–H and O–H groups in total. The highest BCUT2D eigenvalue weighted by atomic mass is 35.5. The van der Waals surface area contributed by atoms with Crippen LogP contribution in [-0.4, -0.2) is 72.8 Å². The number of likely N-dealkylation sites (tertiary alicyclic amines) is 2. The second kappa shape index (κ2) is 12.4. The van der Waals surface area contributed by atoms with Crippen molar-refractivity contribution in [1.29, 1.82) is 0 Å². The molecule has 2 saturated heterocycles. The van der Waals surface area contributed by atoms with Crippen LogP contribution in [0.1, 0.15) is 80.6 Å². The first-order valence-electron chi connectivity index (χ1n) is 14.1. The highest BCUT2D eigenvalue weighted by molar-refractivity contribution is 6.21. The molecule has 2 aliphatic heterocycles. The van der Waals surface area contributed by atoms with Crippen LogP contribution in [0.2, 0.25) is 0 Å². The maximum absolute atomic E-state index is 6.31. The number of nitrogens with one attached hydrogen (secondary N) is 1. The van der Waals surface area contributed by atoms with Crippen LogP contribution in [-0.2, 0) is 4.74 Å². The first kappa shape index (κ1) is 28.4. The molecule has 3 unspecified atom stereocenters. The molecule has 2 heterocycles. The minimum Gasteiger partial charge on any atom is -0.360 e. The number of hydrogen-bond donors (Lipinski definition) is 1. The highest BCUT2D eigenvalue weighted by Gasteiger charge is 2.40. The monoisotopic (exact) mass is 495 g/mol. The standard InChI is InChI=1S/C29H54ClN3O/c1-22(2)27(31-15-12-23-13-16-33(18-23)21-34-28(3,4)5)19-32-17-14-26(29(6,7)20-32)24-8-10-25(30)11-9-24/h8,10,22-27,31H,9,11-21H2,1-7H3/t23-,24?,25?,26?,27+/m1/s1. The molecule has 0 bridgehead atoms. The molecule has 5 atom stereocenters. The van der Waals surface area contributed by atoms with E-state index in [9.17, 15) is 0 Å². The molecule has 0 saturated carbocycles. The van der Waals surface area contributed by atoms with E-state index < -0.39 is 0 Å². The van der Waals surface area contributed by atoms with Gasteiger partial charge in [0.25, 0.3) is 0 Å². The Morgan fingerprint density at radius 3 is 2.41 bits per heavy atom. The Bertz CT molecular complexity index is 644. The molecule has 1 aliphatic carbocycles. The number of rotatable bonds is 10. The Morgan fingerprint density at radius 1 is 1.06 bits per heavy atom. The normalized spacial score (nSPS) is 31.9. The second-order valence-corrected chi connectivity index (χ2v) is 14.0. The summed E-state index contributed by atoms with van der Waals surface area (Å²) >= 11 is 6.31. The summed E-state index contributed by atoms with van der Waals surface area (Å²) in [6, 6.07) is 0.570. The lowest BCUT2D eigenvalue weighted by Crippen LogP contribution is -2.53. The summed E-state index contributed by atoms with van der Waals surface area (Å²) in [6.45, 7) is 24.1. The number of piperidine rings is 1. The minimum absolute atomic E-state index is 0.0481. The van der Waals surface area contributed by atoms with Crippen molar-refractivity contribution < 1.29 is 4.74 Å². The molecule has 198 valence electrons. The lowest BCUT2D eigenvalue weighted by Gasteiger charge is -2.48. The van der Waals surface area contributed by atoms with Gasteiger partial charge in [0.1, 0.15) is 0 Å². The van der Waals surface area contributed by atoms with Crippen molar-refractivity contribution >= 4 is 11.6 Å². The van der Waals surface area contributed by atoms with Crippen LogP contribution in [0.5, 0.6) is 0 Å². The maximum Gasteiger partial charge on any atom is 0.0997 e.